The van der Waals surface area contributed by atoms with Crippen molar-refractivity contribution in [1.29, 1.82) is 0 Å². The number of rotatable bonds is 5. The van der Waals surface area contributed by atoms with Gasteiger partial charge in [0.2, 0.25) is 0 Å². The second kappa shape index (κ2) is 6.01. The molecule has 1 aromatic carbocycles. The Kier molecular flexibility index (Phi) is 4.14. The lowest BCUT2D eigenvalue weighted by Gasteiger charge is -2.17. The highest BCUT2D eigenvalue weighted by molar-refractivity contribution is 5.92. The van der Waals surface area contributed by atoms with Crippen LogP contribution >= 0.6 is 0 Å². The Morgan fingerprint density at radius 2 is 1.95 bits per heavy atom. The van der Waals surface area contributed by atoms with Gasteiger partial charge in [-0.2, -0.15) is 0 Å². The van der Waals surface area contributed by atoms with E-state index in [1.165, 1.54) is 24.3 Å². The first kappa shape index (κ1) is 13.8. The number of hydrogen-bond acceptors (Lipinski definition) is 2. The third-order valence-corrected chi connectivity index (χ3v) is 2.80. The average molecular weight is 276 g/mol. The number of amides is 1. The van der Waals surface area contributed by atoms with Crippen LogP contribution in [0.2, 0.25) is 0 Å². The third kappa shape index (κ3) is 3.44. The van der Waals surface area contributed by atoms with Gasteiger partial charge in [-0.25, -0.2) is 4.39 Å². The first-order valence-corrected chi connectivity index (χ1v) is 5.98. The number of H-pyrrole nitrogens is 1. The van der Waals surface area contributed by atoms with Crippen LogP contribution in [0.5, 0.6) is 0 Å². The molecule has 0 aliphatic carbocycles. The summed E-state index contributed by atoms with van der Waals surface area (Å²) in [5.74, 6) is -1.88. The van der Waals surface area contributed by atoms with Crippen molar-refractivity contribution >= 4 is 11.9 Å². The van der Waals surface area contributed by atoms with Crippen LogP contribution in [0.3, 0.4) is 0 Å². The van der Waals surface area contributed by atoms with Crippen LogP contribution in [0.1, 0.15) is 28.5 Å². The number of benzene rings is 1. The van der Waals surface area contributed by atoms with E-state index in [2.05, 4.69) is 10.3 Å². The molecule has 1 heterocycles. The van der Waals surface area contributed by atoms with E-state index in [0.29, 0.717) is 11.3 Å². The Morgan fingerprint density at radius 3 is 2.50 bits per heavy atom. The van der Waals surface area contributed by atoms with Gasteiger partial charge in [-0.05, 0) is 29.8 Å². The van der Waals surface area contributed by atoms with Crippen LogP contribution in [0.25, 0.3) is 0 Å². The van der Waals surface area contributed by atoms with Gasteiger partial charge in [-0.1, -0.05) is 12.1 Å². The van der Waals surface area contributed by atoms with E-state index < -0.39 is 23.7 Å². The van der Waals surface area contributed by atoms with Crippen LogP contribution in [0, 0.1) is 5.82 Å². The smallest absolute Gasteiger partial charge is 0.305 e. The van der Waals surface area contributed by atoms with Crippen LogP contribution in [-0.2, 0) is 4.79 Å². The van der Waals surface area contributed by atoms with Gasteiger partial charge in [0.25, 0.3) is 5.91 Å². The van der Waals surface area contributed by atoms with Crippen molar-refractivity contribution in [3.8, 4) is 0 Å². The standard InChI is InChI=1S/C14H13FN2O3/c15-10-5-3-9(4-6-10)12(8-13(18)19)17-14(20)11-2-1-7-16-11/h1-7,12,16H,8H2,(H,17,20)(H,18,19)/t12-/m1/s1. The number of halogens is 1. The molecule has 1 atom stereocenters. The maximum Gasteiger partial charge on any atom is 0.305 e. The van der Waals surface area contributed by atoms with Gasteiger partial charge in [0, 0.05) is 6.20 Å². The summed E-state index contributed by atoms with van der Waals surface area (Å²) in [6, 6.07) is 7.90. The van der Waals surface area contributed by atoms with Gasteiger partial charge in [-0.15, -0.1) is 0 Å². The van der Waals surface area contributed by atoms with E-state index in [1.807, 2.05) is 0 Å². The molecule has 1 amide bonds. The number of nitrogens with one attached hydrogen (secondary N) is 2. The maximum absolute atomic E-state index is 12.9. The predicted molar refractivity (Wildman–Crippen MR) is 69.7 cm³/mol. The summed E-state index contributed by atoms with van der Waals surface area (Å²) in [6.07, 6.45) is 1.32. The van der Waals surface area contributed by atoms with Crippen LogP contribution in [0.4, 0.5) is 4.39 Å². The van der Waals surface area contributed by atoms with Crippen molar-refractivity contribution in [1.82, 2.24) is 10.3 Å². The minimum absolute atomic E-state index is 0.280. The van der Waals surface area contributed by atoms with E-state index in [4.69, 9.17) is 5.11 Å². The molecule has 0 aliphatic rings. The van der Waals surface area contributed by atoms with Crippen molar-refractivity contribution in [3.63, 3.8) is 0 Å². The molecule has 104 valence electrons. The lowest BCUT2D eigenvalue weighted by Crippen LogP contribution is -2.30. The summed E-state index contributed by atoms with van der Waals surface area (Å²) in [6.45, 7) is 0. The molecule has 3 N–H and O–H groups in total. The average Bonchev–Trinajstić information content (AvgIpc) is 2.92. The zero-order chi connectivity index (χ0) is 14.5. The summed E-state index contributed by atoms with van der Waals surface area (Å²) in [5.41, 5.74) is 0.871. The third-order valence-electron chi connectivity index (χ3n) is 2.80. The minimum atomic E-state index is -1.05. The zero-order valence-electron chi connectivity index (χ0n) is 10.5. The van der Waals surface area contributed by atoms with Crippen molar-refractivity contribution in [3.05, 3.63) is 59.7 Å². The first-order chi connectivity index (χ1) is 9.56. The lowest BCUT2D eigenvalue weighted by molar-refractivity contribution is -0.137. The maximum atomic E-state index is 12.9. The van der Waals surface area contributed by atoms with E-state index in [-0.39, 0.29) is 6.42 Å². The number of aromatic amines is 1. The minimum Gasteiger partial charge on any atom is -0.481 e. The molecule has 0 unspecified atom stereocenters. The quantitative estimate of drug-likeness (QED) is 0.782. The fourth-order valence-corrected chi connectivity index (χ4v) is 1.83. The molecule has 0 spiro atoms. The van der Waals surface area contributed by atoms with Crippen molar-refractivity contribution in [2.45, 2.75) is 12.5 Å². The van der Waals surface area contributed by atoms with Gasteiger partial charge >= 0.3 is 5.97 Å². The molecule has 1 aromatic heterocycles. The summed E-state index contributed by atoms with van der Waals surface area (Å²) in [7, 11) is 0. The molecular formula is C14H13FN2O3. The molecule has 0 saturated carbocycles. The molecule has 20 heavy (non-hydrogen) atoms. The number of carboxylic acid groups (broad SMARTS) is 1. The fraction of sp³-hybridized carbons (Fsp3) is 0.143. The largest absolute Gasteiger partial charge is 0.481 e. The predicted octanol–water partition coefficient (Wildman–Crippen LogP) is 2.10. The fourth-order valence-electron chi connectivity index (χ4n) is 1.83. The Hall–Kier alpha value is -2.63. The second-order valence-corrected chi connectivity index (χ2v) is 4.26. The number of aliphatic carboxylic acids is 1. The summed E-state index contributed by atoms with van der Waals surface area (Å²) in [4.78, 5) is 25.6. The van der Waals surface area contributed by atoms with Crippen LogP contribution in [0.15, 0.2) is 42.6 Å². The van der Waals surface area contributed by atoms with Crippen molar-refractivity contribution < 1.29 is 19.1 Å². The normalized spacial score (nSPS) is 11.8. The number of hydrogen-bond donors (Lipinski definition) is 3. The molecule has 6 heteroatoms. The van der Waals surface area contributed by atoms with Crippen molar-refractivity contribution in [2.75, 3.05) is 0 Å². The lowest BCUT2D eigenvalue weighted by atomic mass is 10.0. The Morgan fingerprint density at radius 1 is 1.25 bits per heavy atom. The molecular weight excluding hydrogens is 263 g/mol. The highest BCUT2D eigenvalue weighted by Crippen LogP contribution is 2.18. The van der Waals surface area contributed by atoms with Gasteiger partial charge in [0.15, 0.2) is 0 Å². The van der Waals surface area contributed by atoms with E-state index in [1.54, 1.807) is 18.3 Å². The molecule has 5 nitrogen and oxygen atoms in total. The zero-order valence-corrected chi connectivity index (χ0v) is 10.5. The number of carbonyl (C=O) groups is 2. The highest BCUT2D eigenvalue weighted by Gasteiger charge is 2.19. The number of carbonyl (C=O) groups excluding carboxylic acids is 1. The molecule has 0 fully saturated rings. The van der Waals surface area contributed by atoms with Crippen molar-refractivity contribution in [2.24, 2.45) is 0 Å². The van der Waals surface area contributed by atoms with Crippen LogP contribution in [-0.4, -0.2) is 22.0 Å². The van der Waals surface area contributed by atoms with Gasteiger partial charge in [0.05, 0.1) is 12.5 Å². The molecule has 0 radical (unpaired) electrons. The summed E-state index contributed by atoms with van der Waals surface area (Å²) >= 11 is 0. The molecule has 0 saturated heterocycles. The van der Waals surface area contributed by atoms with E-state index in [0.717, 1.165) is 0 Å². The Balaban J connectivity index is 2.17. The Labute approximate surface area is 114 Å². The highest BCUT2D eigenvalue weighted by atomic mass is 19.1. The second-order valence-electron chi connectivity index (χ2n) is 4.26. The SMILES string of the molecule is O=C(O)C[C@@H](NC(=O)c1ccc[nH]1)c1ccc(F)cc1. The number of carboxylic acids is 1. The molecule has 0 bridgehead atoms. The molecule has 2 rings (SSSR count). The monoisotopic (exact) mass is 276 g/mol. The van der Waals surface area contributed by atoms with Crippen LogP contribution < -0.4 is 5.32 Å². The molecule has 0 aliphatic heterocycles. The van der Waals surface area contributed by atoms with E-state index >= 15 is 0 Å². The van der Waals surface area contributed by atoms with Gasteiger partial charge < -0.3 is 15.4 Å². The summed E-state index contributed by atoms with van der Waals surface area (Å²) in [5, 5.41) is 11.5. The Bertz CT molecular complexity index is 593. The summed E-state index contributed by atoms with van der Waals surface area (Å²) < 4.78 is 12.9. The van der Waals surface area contributed by atoms with E-state index in [9.17, 15) is 14.0 Å². The molecule has 2 aromatic rings. The topological polar surface area (TPSA) is 82.2 Å². The number of aromatic nitrogens is 1. The van der Waals surface area contributed by atoms with Gasteiger partial charge in [0.1, 0.15) is 11.5 Å². The van der Waals surface area contributed by atoms with Gasteiger partial charge in [-0.3, -0.25) is 9.59 Å². The first-order valence-electron chi connectivity index (χ1n) is 5.98.